The van der Waals surface area contributed by atoms with E-state index in [-0.39, 0.29) is 5.54 Å². The van der Waals surface area contributed by atoms with Crippen LogP contribution in [0, 0.1) is 6.92 Å². The maximum absolute atomic E-state index is 4.37. The maximum atomic E-state index is 4.37. The molecule has 0 fully saturated rings. The first-order valence-electron chi connectivity index (χ1n) is 6.25. The average Bonchev–Trinajstić information content (AvgIpc) is 2.14. The molecule has 0 aliphatic rings. The molecule has 1 heterocycles. The van der Waals surface area contributed by atoms with Crippen molar-refractivity contribution in [1.82, 2.24) is 10.3 Å². The van der Waals surface area contributed by atoms with E-state index in [2.05, 4.69) is 56.3 Å². The number of hydrogen-bond acceptors (Lipinski definition) is 3. The van der Waals surface area contributed by atoms with Gasteiger partial charge in [0.15, 0.2) is 0 Å². The third-order valence-electron chi connectivity index (χ3n) is 2.38. The molecule has 0 unspecified atom stereocenters. The summed E-state index contributed by atoms with van der Waals surface area (Å²) in [7, 11) is 0. The molecule has 2 N–H and O–H groups in total. The number of aromatic nitrogens is 1. The van der Waals surface area contributed by atoms with Crippen LogP contribution in [-0.4, -0.2) is 16.6 Å². The van der Waals surface area contributed by atoms with Crippen LogP contribution in [0.2, 0.25) is 0 Å². The van der Waals surface area contributed by atoms with Crippen molar-refractivity contribution >= 4 is 5.69 Å². The summed E-state index contributed by atoms with van der Waals surface area (Å²) in [5.74, 6) is 0. The molecule has 0 bridgehead atoms. The first-order chi connectivity index (χ1) is 7.78. The Morgan fingerprint density at radius 1 is 1.29 bits per heavy atom. The fourth-order valence-electron chi connectivity index (χ4n) is 1.53. The number of pyridine rings is 1. The molecule has 0 aromatic carbocycles. The van der Waals surface area contributed by atoms with Crippen molar-refractivity contribution in [2.24, 2.45) is 0 Å². The molecule has 96 valence electrons. The molecule has 1 aromatic rings. The van der Waals surface area contributed by atoms with Gasteiger partial charge in [-0.1, -0.05) is 0 Å². The molecule has 0 aliphatic heterocycles. The molecule has 0 saturated heterocycles. The van der Waals surface area contributed by atoms with Gasteiger partial charge in [0, 0.05) is 41.3 Å². The molecule has 0 amide bonds. The minimum Gasteiger partial charge on any atom is -0.383 e. The van der Waals surface area contributed by atoms with E-state index in [1.54, 1.807) is 0 Å². The van der Waals surface area contributed by atoms with E-state index in [4.69, 9.17) is 0 Å². The Labute approximate surface area is 105 Å². The van der Waals surface area contributed by atoms with Gasteiger partial charge in [-0.05, 0) is 47.6 Å². The Bertz CT molecular complexity index is 364. The molecule has 0 aliphatic carbocycles. The van der Waals surface area contributed by atoms with E-state index in [9.17, 15) is 0 Å². The van der Waals surface area contributed by atoms with Gasteiger partial charge in [-0.2, -0.15) is 0 Å². The van der Waals surface area contributed by atoms with Gasteiger partial charge in [0.2, 0.25) is 0 Å². The Balaban J connectivity index is 2.82. The summed E-state index contributed by atoms with van der Waals surface area (Å²) >= 11 is 0. The minimum absolute atomic E-state index is 0.125. The molecule has 0 atom stereocenters. The largest absolute Gasteiger partial charge is 0.383 e. The number of hydrogen-bond donors (Lipinski definition) is 2. The number of aryl methyl sites for hydroxylation is 1. The lowest BCUT2D eigenvalue weighted by molar-refractivity contribution is 0.424. The standard InChI is InChI=1S/C14H25N3/c1-10(2)17-13-7-11(3)15-8-12(13)9-16-14(4,5)6/h7-8,10,16H,9H2,1-6H3,(H,15,17). The van der Waals surface area contributed by atoms with Crippen molar-refractivity contribution in [3.05, 3.63) is 23.5 Å². The number of nitrogens with zero attached hydrogens (tertiary/aromatic N) is 1. The van der Waals surface area contributed by atoms with Crippen molar-refractivity contribution < 1.29 is 0 Å². The molecule has 0 radical (unpaired) electrons. The van der Waals surface area contributed by atoms with Crippen molar-refractivity contribution in [2.45, 2.75) is 59.7 Å². The summed E-state index contributed by atoms with van der Waals surface area (Å²) in [4.78, 5) is 4.37. The van der Waals surface area contributed by atoms with Gasteiger partial charge >= 0.3 is 0 Å². The number of nitrogens with one attached hydrogen (secondary N) is 2. The van der Waals surface area contributed by atoms with Gasteiger partial charge in [0.1, 0.15) is 0 Å². The Morgan fingerprint density at radius 2 is 1.94 bits per heavy atom. The van der Waals surface area contributed by atoms with Gasteiger partial charge < -0.3 is 10.6 Å². The van der Waals surface area contributed by atoms with Crippen LogP contribution in [-0.2, 0) is 6.54 Å². The van der Waals surface area contributed by atoms with E-state index in [1.807, 2.05) is 13.1 Å². The van der Waals surface area contributed by atoms with E-state index >= 15 is 0 Å². The Morgan fingerprint density at radius 3 is 2.47 bits per heavy atom. The predicted molar refractivity (Wildman–Crippen MR) is 74.3 cm³/mol. The lowest BCUT2D eigenvalue weighted by atomic mass is 10.1. The number of anilines is 1. The average molecular weight is 235 g/mol. The van der Waals surface area contributed by atoms with Crippen molar-refractivity contribution in [2.75, 3.05) is 5.32 Å². The van der Waals surface area contributed by atoms with Gasteiger partial charge in [-0.3, -0.25) is 4.98 Å². The van der Waals surface area contributed by atoms with Crippen LogP contribution >= 0.6 is 0 Å². The zero-order valence-electron chi connectivity index (χ0n) is 11.9. The third kappa shape index (κ3) is 5.18. The minimum atomic E-state index is 0.125. The van der Waals surface area contributed by atoms with E-state index < -0.39 is 0 Å². The number of rotatable bonds is 4. The quantitative estimate of drug-likeness (QED) is 0.842. The fourth-order valence-corrected chi connectivity index (χ4v) is 1.53. The van der Waals surface area contributed by atoms with Crippen LogP contribution in [0.15, 0.2) is 12.3 Å². The summed E-state index contributed by atoms with van der Waals surface area (Å²) in [6.45, 7) is 13.7. The molecule has 17 heavy (non-hydrogen) atoms. The van der Waals surface area contributed by atoms with Gasteiger partial charge in [-0.25, -0.2) is 0 Å². The van der Waals surface area contributed by atoms with Gasteiger partial charge in [-0.15, -0.1) is 0 Å². The summed E-state index contributed by atoms with van der Waals surface area (Å²) in [5.41, 5.74) is 3.58. The molecule has 0 spiro atoms. The van der Waals surface area contributed by atoms with Crippen molar-refractivity contribution in [3.8, 4) is 0 Å². The molecule has 3 heteroatoms. The van der Waals surface area contributed by atoms with Crippen molar-refractivity contribution in [1.29, 1.82) is 0 Å². The summed E-state index contributed by atoms with van der Waals surface area (Å²) < 4.78 is 0. The zero-order chi connectivity index (χ0) is 13.1. The summed E-state index contributed by atoms with van der Waals surface area (Å²) in [5, 5.41) is 6.96. The normalized spacial score (nSPS) is 11.9. The second kappa shape index (κ2) is 5.50. The molecule has 1 aromatic heterocycles. The lowest BCUT2D eigenvalue weighted by Gasteiger charge is -2.22. The first kappa shape index (κ1) is 14.0. The summed E-state index contributed by atoms with van der Waals surface area (Å²) in [6, 6.07) is 2.55. The van der Waals surface area contributed by atoms with Gasteiger partial charge in [0.25, 0.3) is 0 Å². The van der Waals surface area contributed by atoms with Crippen LogP contribution in [0.3, 0.4) is 0 Å². The van der Waals surface area contributed by atoms with Gasteiger partial charge in [0.05, 0.1) is 0 Å². The highest BCUT2D eigenvalue weighted by atomic mass is 15.0. The molecule has 1 rings (SSSR count). The molecule has 0 saturated carbocycles. The zero-order valence-corrected chi connectivity index (χ0v) is 11.9. The second-order valence-electron chi connectivity index (χ2n) is 5.89. The smallest absolute Gasteiger partial charge is 0.0421 e. The summed E-state index contributed by atoms with van der Waals surface area (Å²) in [6.07, 6.45) is 1.96. The maximum Gasteiger partial charge on any atom is 0.0421 e. The van der Waals surface area contributed by atoms with Crippen LogP contribution in [0.1, 0.15) is 45.9 Å². The van der Waals surface area contributed by atoms with E-state index in [0.717, 1.165) is 12.2 Å². The fraction of sp³-hybridized carbons (Fsp3) is 0.643. The Kier molecular flexibility index (Phi) is 4.52. The highest BCUT2D eigenvalue weighted by Crippen LogP contribution is 2.17. The van der Waals surface area contributed by atoms with E-state index in [1.165, 1.54) is 11.3 Å². The van der Waals surface area contributed by atoms with E-state index in [0.29, 0.717) is 6.04 Å². The Hall–Kier alpha value is -1.09. The molecular formula is C14H25N3. The second-order valence-corrected chi connectivity index (χ2v) is 5.89. The first-order valence-corrected chi connectivity index (χ1v) is 6.25. The molecular weight excluding hydrogens is 210 g/mol. The van der Waals surface area contributed by atoms with Crippen LogP contribution in [0.5, 0.6) is 0 Å². The van der Waals surface area contributed by atoms with Crippen LogP contribution < -0.4 is 10.6 Å². The predicted octanol–water partition coefficient (Wildman–Crippen LogP) is 3.10. The highest BCUT2D eigenvalue weighted by molar-refractivity contribution is 5.51. The van der Waals surface area contributed by atoms with Crippen molar-refractivity contribution in [3.63, 3.8) is 0 Å². The monoisotopic (exact) mass is 235 g/mol. The topological polar surface area (TPSA) is 37.0 Å². The van der Waals surface area contributed by atoms with Crippen LogP contribution in [0.4, 0.5) is 5.69 Å². The lowest BCUT2D eigenvalue weighted by Crippen LogP contribution is -2.35. The third-order valence-corrected chi connectivity index (χ3v) is 2.38. The van der Waals surface area contributed by atoms with Crippen LogP contribution in [0.25, 0.3) is 0 Å². The SMILES string of the molecule is Cc1cc(NC(C)C)c(CNC(C)(C)C)cn1. The molecule has 3 nitrogen and oxygen atoms in total. The highest BCUT2D eigenvalue weighted by Gasteiger charge is 2.11.